The zero-order valence-electron chi connectivity index (χ0n) is 15.7. The molecule has 2 aliphatic carbocycles. The van der Waals surface area contributed by atoms with Gasteiger partial charge in [0.25, 0.3) is 0 Å². The second kappa shape index (κ2) is 7.25. The Morgan fingerprint density at radius 2 is 1.54 bits per heavy atom. The summed E-state index contributed by atoms with van der Waals surface area (Å²) in [6.45, 7) is 1.08. The van der Waals surface area contributed by atoms with Crippen LogP contribution in [0, 0.1) is 11.3 Å². The van der Waals surface area contributed by atoms with E-state index in [9.17, 15) is 5.26 Å². The van der Waals surface area contributed by atoms with Crippen LogP contribution >= 0.6 is 0 Å². The predicted molar refractivity (Wildman–Crippen MR) is 107 cm³/mol. The maximum Gasteiger partial charge on any atom is 0.108 e. The van der Waals surface area contributed by atoms with Gasteiger partial charge in [0.1, 0.15) is 5.41 Å². The molecule has 2 heteroatoms. The van der Waals surface area contributed by atoms with Gasteiger partial charge in [0, 0.05) is 6.04 Å². The van der Waals surface area contributed by atoms with Crippen molar-refractivity contribution in [1.82, 2.24) is 4.90 Å². The summed E-state index contributed by atoms with van der Waals surface area (Å²) in [5.74, 6) is 0. The Morgan fingerprint density at radius 3 is 2.12 bits per heavy atom. The Kier molecular flexibility index (Phi) is 4.83. The van der Waals surface area contributed by atoms with Crippen LogP contribution in [0.3, 0.4) is 0 Å². The Balaban J connectivity index is 1.55. The van der Waals surface area contributed by atoms with Crippen LogP contribution in [0.25, 0.3) is 11.1 Å². The first-order valence-corrected chi connectivity index (χ1v) is 10.1. The van der Waals surface area contributed by atoms with Crippen molar-refractivity contribution < 1.29 is 0 Å². The first-order valence-electron chi connectivity index (χ1n) is 10.1. The third kappa shape index (κ3) is 2.85. The standard InChI is InChI=1S/C24H28N2/c1-26(19-10-3-2-4-11-19)17-9-16-24(18-25)22-14-7-5-12-20(22)21-13-6-8-15-23(21)24/h5-8,12-15,19H,2-4,9-11,16-17H2,1H3. The van der Waals surface area contributed by atoms with Gasteiger partial charge in [-0.25, -0.2) is 0 Å². The average Bonchev–Trinajstić information content (AvgIpc) is 2.99. The van der Waals surface area contributed by atoms with E-state index in [2.05, 4.69) is 66.5 Å². The summed E-state index contributed by atoms with van der Waals surface area (Å²) < 4.78 is 0. The summed E-state index contributed by atoms with van der Waals surface area (Å²) in [7, 11) is 2.27. The van der Waals surface area contributed by atoms with Gasteiger partial charge in [-0.05, 0) is 61.5 Å². The molecule has 0 spiro atoms. The van der Waals surface area contributed by atoms with E-state index in [0.717, 1.165) is 25.4 Å². The number of nitriles is 1. The van der Waals surface area contributed by atoms with Gasteiger partial charge in [0.2, 0.25) is 0 Å². The first kappa shape index (κ1) is 17.3. The quantitative estimate of drug-likeness (QED) is 0.714. The van der Waals surface area contributed by atoms with Crippen LogP contribution in [0.15, 0.2) is 48.5 Å². The minimum Gasteiger partial charge on any atom is -0.303 e. The zero-order chi connectivity index (χ0) is 18.0. The van der Waals surface area contributed by atoms with Gasteiger partial charge in [-0.15, -0.1) is 0 Å². The largest absolute Gasteiger partial charge is 0.303 e. The van der Waals surface area contributed by atoms with E-state index in [0.29, 0.717) is 0 Å². The smallest absolute Gasteiger partial charge is 0.108 e. The van der Waals surface area contributed by atoms with Gasteiger partial charge >= 0.3 is 0 Å². The molecular formula is C24H28N2. The minimum absolute atomic E-state index is 0.486. The summed E-state index contributed by atoms with van der Waals surface area (Å²) in [4.78, 5) is 2.54. The highest BCUT2D eigenvalue weighted by Crippen LogP contribution is 2.50. The second-order valence-corrected chi connectivity index (χ2v) is 7.98. The van der Waals surface area contributed by atoms with E-state index in [1.54, 1.807) is 0 Å². The van der Waals surface area contributed by atoms with Crippen LogP contribution in [0.4, 0.5) is 0 Å². The molecule has 2 aliphatic rings. The lowest BCUT2D eigenvalue weighted by molar-refractivity contribution is 0.187. The van der Waals surface area contributed by atoms with Crippen LogP contribution < -0.4 is 0 Å². The fourth-order valence-electron chi connectivity index (χ4n) is 5.07. The third-order valence-corrected chi connectivity index (χ3v) is 6.52. The summed E-state index contributed by atoms with van der Waals surface area (Å²) in [5.41, 5.74) is 4.39. The predicted octanol–water partition coefficient (Wildman–Crippen LogP) is 5.52. The van der Waals surface area contributed by atoms with Crippen LogP contribution in [0.5, 0.6) is 0 Å². The van der Waals surface area contributed by atoms with E-state index in [4.69, 9.17) is 0 Å². The van der Waals surface area contributed by atoms with E-state index < -0.39 is 5.41 Å². The number of hydrogen-bond donors (Lipinski definition) is 0. The number of benzene rings is 2. The Bertz CT molecular complexity index is 765. The SMILES string of the molecule is CN(CCCC1(C#N)c2ccccc2-c2ccccc21)C1CCCCC1. The highest BCUT2D eigenvalue weighted by atomic mass is 15.1. The molecule has 0 saturated heterocycles. The Labute approximate surface area is 157 Å². The normalized spacial score (nSPS) is 18.3. The fraction of sp³-hybridized carbons (Fsp3) is 0.458. The molecule has 4 rings (SSSR count). The lowest BCUT2D eigenvalue weighted by Crippen LogP contribution is -2.35. The monoisotopic (exact) mass is 344 g/mol. The molecule has 0 atom stereocenters. The van der Waals surface area contributed by atoms with Gasteiger partial charge in [-0.3, -0.25) is 0 Å². The highest BCUT2D eigenvalue weighted by molar-refractivity contribution is 5.82. The maximum atomic E-state index is 10.3. The van der Waals surface area contributed by atoms with Crippen molar-refractivity contribution in [2.24, 2.45) is 0 Å². The molecule has 2 aromatic carbocycles. The van der Waals surface area contributed by atoms with Gasteiger partial charge in [0.15, 0.2) is 0 Å². The van der Waals surface area contributed by atoms with Crippen LogP contribution in [0.2, 0.25) is 0 Å². The van der Waals surface area contributed by atoms with Crippen molar-refractivity contribution in [2.75, 3.05) is 13.6 Å². The van der Waals surface area contributed by atoms with Gasteiger partial charge in [-0.1, -0.05) is 67.8 Å². The molecule has 134 valence electrons. The first-order chi connectivity index (χ1) is 12.8. The molecule has 0 unspecified atom stereocenters. The van der Waals surface area contributed by atoms with E-state index >= 15 is 0 Å². The Morgan fingerprint density at radius 1 is 0.962 bits per heavy atom. The number of nitrogens with zero attached hydrogens (tertiary/aromatic N) is 2. The van der Waals surface area contributed by atoms with Crippen LogP contribution in [0.1, 0.15) is 56.1 Å². The van der Waals surface area contributed by atoms with Crippen LogP contribution in [-0.2, 0) is 5.41 Å². The van der Waals surface area contributed by atoms with Crippen molar-refractivity contribution in [3.8, 4) is 17.2 Å². The molecule has 1 fully saturated rings. The lowest BCUT2D eigenvalue weighted by Gasteiger charge is -2.32. The van der Waals surface area contributed by atoms with Crippen molar-refractivity contribution >= 4 is 0 Å². The second-order valence-electron chi connectivity index (χ2n) is 7.98. The highest BCUT2D eigenvalue weighted by Gasteiger charge is 2.42. The molecule has 2 aromatic rings. The molecule has 0 amide bonds. The number of fused-ring (bicyclic) bond motifs is 3. The molecule has 0 N–H and O–H groups in total. The van der Waals surface area contributed by atoms with Crippen molar-refractivity contribution in [2.45, 2.75) is 56.4 Å². The average molecular weight is 345 g/mol. The van der Waals surface area contributed by atoms with Crippen molar-refractivity contribution in [3.05, 3.63) is 59.7 Å². The zero-order valence-corrected chi connectivity index (χ0v) is 15.7. The molecule has 0 aliphatic heterocycles. The van der Waals surface area contributed by atoms with Crippen molar-refractivity contribution in [1.29, 1.82) is 5.26 Å². The van der Waals surface area contributed by atoms with E-state index in [-0.39, 0.29) is 0 Å². The molecule has 0 heterocycles. The summed E-state index contributed by atoms with van der Waals surface area (Å²) >= 11 is 0. The minimum atomic E-state index is -0.486. The fourth-order valence-corrected chi connectivity index (χ4v) is 5.07. The third-order valence-electron chi connectivity index (χ3n) is 6.52. The van der Waals surface area contributed by atoms with E-state index in [1.807, 2.05) is 0 Å². The van der Waals surface area contributed by atoms with Gasteiger partial charge < -0.3 is 4.90 Å². The molecule has 26 heavy (non-hydrogen) atoms. The maximum absolute atomic E-state index is 10.3. The Hall–Kier alpha value is -2.11. The summed E-state index contributed by atoms with van der Waals surface area (Å²) in [6, 6.07) is 20.4. The topological polar surface area (TPSA) is 27.0 Å². The molecule has 0 bridgehead atoms. The molecule has 1 saturated carbocycles. The number of hydrogen-bond acceptors (Lipinski definition) is 2. The van der Waals surface area contributed by atoms with Crippen LogP contribution in [-0.4, -0.2) is 24.5 Å². The van der Waals surface area contributed by atoms with Gasteiger partial charge in [-0.2, -0.15) is 5.26 Å². The summed E-state index contributed by atoms with van der Waals surface area (Å²) in [6.07, 6.45) is 8.78. The summed E-state index contributed by atoms with van der Waals surface area (Å²) in [5, 5.41) is 10.3. The lowest BCUT2D eigenvalue weighted by atomic mass is 9.76. The molecule has 2 nitrogen and oxygen atoms in total. The number of rotatable bonds is 5. The van der Waals surface area contributed by atoms with Crippen molar-refractivity contribution in [3.63, 3.8) is 0 Å². The molecular weight excluding hydrogens is 316 g/mol. The molecule has 0 aromatic heterocycles. The van der Waals surface area contributed by atoms with E-state index in [1.165, 1.54) is 54.4 Å². The molecule has 0 radical (unpaired) electrons. The van der Waals surface area contributed by atoms with Gasteiger partial charge in [0.05, 0.1) is 6.07 Å².